The van der Waals surface area contributed by atoms with Crippen LogP contribution in [-0.4, -0.2) is 32.5 Å². The first-order chi connectivity index (χ1) is 13.7. The van der Waals surface area contributed by atoms with E-state index in [1.54, 1.807) is 48.5 Å². The molecule has 2 aromatic carbocycles. The zero-order valence-electron chi connectivity index (χ0n) is 16.3. The third-order valence-electron chi connectivity index (χ3n) is 3.96. The van der Waals surface area contributed by atoms with Crippen LogP contribution in [0.2, 0.25) is 5.02 Å². The second-order valence-electron chi connectivity index (χ2n) is 6.78. The van der Waals surface area contributed by atoms with E-state index in [1.807, 2.05) is 32.0 Å². The first kappa shape index (κ1) is 20.9. The van der Waals surface area contributed by atoms with E-state index in [0.717, 1.165) is 17.2 Å². The third kappa shape index (κ3) is 6.07. The van der Waals surface area contributed by atoms with E-state index in [1.165, 1.54) is 0 Å². The monoisotopic (exact) mass is 431 g/mol. The van der Waals surface area contributed by atoms with Gasteiger partial charge in [-0.2, -0.15) is 4.98 Å². The number of hydrogen-bond donors (Lipinski definition) is 2. The van der Waals surface area contributed by atoms with E-state index >= 15 is 0 Å². The topological polar surface area (TPSA) is 87.2 Å². The maximum Gasteiger partial charge on any atom is 0.236 e. The highest BCUT2D eigenvalue weighted by Gasteiger charge is 2.12. The molecule has 0 aliphatic carbocycles. The van der Waals surface area contributed by atoms with Crippen LogP contribution in [0.5, 0.6) is 0 Å². The Morgan fingerprint density at radius 2 is 1.69 bits per heavy atom. The van der Waals surface area contributed by atoms with Crippen molar-refractivity contribution in [1.82, 2.24) is 9.97 Å². The molecule has 3 rings (SSSR count). The second-order valence-corrected chi connectivity index (χ2v) is 8.94. The molecular weight excluding hydrogens is 410 g/mol. The lowest BCUT2D eigenvalue weighted by molar-refractivity contribution is 0.600. The van der Waals surface area contributed by atoms with Gasteiger partial charge in [0.1, 0.15) is 5.82 Å². The maximum absolute atomic E-state index is 12.4. The summed E-state index contributed by atoms with van der Waals surface area (Å²) in [7, 11) is 0.269. The molecule has 0 aliphatic heterocycles. The van der Waals surface area contributed by atoms with Crippen LogP contribution in [0.1, 0.15) is 11.3 Å². The second kappa shape index (κ2) is 8.67. The average Bonchev–Trinajstić information content (AvgIpc) is 2.62. The Kier molecular flexibility index (Phi) is 6.24. The molecule has 2 N–H and O–H groups in total. The molecule has 9 heteroatoms. The highest BCUT2D eigenvalue weighted by Crippen LogP contribution is 2.21. The minimum atomic E-state index is -3.56. The zero-order chi connectivity index (χ0) is 21.0. The van der Waals surface area contributed by atoms with Crippen LogP contribution in [0.4, 0.5) is 23.1 Å². The standard InChI is InChI=1S/C20H22ClN5O2S/c1-14-11-19(26(2)3)24-20(22-14)23-17-7-9-18(10-8-17)25-29(27,28)13-15-5-4-6-16(21)12-15/h4-12,25H,13H2,1-3H3,(H,22,23,24). The Morgan fingerprint density at radius 1 is 1.00 bits per heavy atom. The summed E-state index contributed by atoms with van der Waals surface area (Å²) in [5.41, 5.74) is 2.68. The quantitative estimate of drug-likeness (QED) is 0.583. The minimum Gasteiger partial charge on any atom is -0.363 e. The van der Waals surface area contributed by atoms with Crippen molar-refractivity contribution in [3.63, 3.8) is 0 Å². The van der Waals surface area contributed by atoms with Crippen LogP contribution < -0.4 is 14.9 Å². The van der Waals surface area contributed by atoms with Gasteiger partial charge >= 0.3 is 0 Å². The molecule has 0 amide bonds. The fourth-order valence-corrected chi connectivity index (χ4v) is 4.05. The molecular formula is C20H22ClN5O2S. The zero-order valence-corrected chi connectivity index (χ0v) is 17.9. The Morgan fingerprint density at radius 3 is 2.34 bits per heavy atom. The van der Waals surface area contributed by atoms with Crippen molar-refractivity contribution in [3.05, 3.63) is 70.9 Å². The summed E-state index contributed by atoms with van der Waals surface area (Å²) in [5.74, 6) is 1.12. The Bertz CT molecular complexity index is 1100. The van der Waals surface area contributed by atoms with Gasteiger partial charge < -0.3 is 10.2 Å². The molecule has 0 saturated carbocycles. The minimum absolute atomic E-state index is 0.155. The molecule has 0 fully saturated rings. The molecule has 3 aromatic rings. The molecule has 152 valence electrons. The molecule has 29 heavy (non-hydrogen) atoms. The number of aryl methyl sites for hydroxylation is 1. The van der Waals surface area contributed by atoms with Gasteiger partial charge in [0.05, 0.1) is 5.75 Å². The van der Waals surface area contributed by atoms with Crippen molar-refractivity contribution >= 4 is 44.8 Å². The fraction of sp³-hybridized carbons (Fsp3) is 0.200. The van der Waals surface area contributed by atoms with Gasteiger partial charge in [-0.3, -0.25) is 4.72 Å². The van der Waals surface area contributed by atoms with Gasteiger partial charge in [-0.05, 0) is 48.9 Å². The van der Waals surface area contributed by atoms with Gasteiger partial charge in [0, 0.05) is 42.3 Å². The highest BCUT2D eigenvalue weighted by atomic mass is 35.5. The van der Waals surface area contributed by atoms with E-state index in [4.69, 9.17) is 11.6 Å². The number of rotatable bonds is 7. The maximum atomic E-state index is 12.4. The van der Waals surface area contributed by atoms with Crippen molar-refractivity contribution in [3.8, 4) is 0 Å². The lowest BCUT2D eigenvalue weighted by atomic mass is 10.2. The van der Waals surface area contributed by atoms with Crippen LogP contribution in [0.3, 0.4) is 0 Å². The fourth-order valence-electron chi connectivity index (χ4n) is 2.65. The predicted molar refractivity (Wildman–Crippen MR) is 119 cm³/mol. The normalized spacial score (nSPS) is 11.2. The number of halogens is 1. The number of nitrogens with one attached hydrogen (secondary N) is 2. The van der Waals surface area contributed by atoms with Crippen molar-refractivity contribution in [2.75, 3.05) is 29.0 Å². The van der Waals surface area contributed by atoms with E-state index in [0.29, 0.717) is 22.2 Å². The van der Waals surface area contributed by atoms with E-state index < -0.39 is 10.0 Å². The van der Waals surface area contributed by atoms with E-state index in [9.17, 15) is 8.42 Å². The Labute approximate surface area is 175 Å². The van der Waals surface area contributed by atoms with E-state index in [2.05, 4.69) is 20.0 Å². The first-order valence-electron chi connectivity index (χ1n) is 8.85. The largest absolute Gasteiger partial charge is 0.363 e. The van der Waals surface area contributed by atoms with Gasteiger partial charge in [-0.1, -0.05) is 23.7 Å². The molecule has 0 unspecified atom stereocenters. The summed E-state index contributed by atoms with van der Waals surface area (Å²) in [6.45, 7) is 1.90. The first-order valence-corrected chi connectivity index (χ1v) is 10.9. The van der Waals surface area contributed by atoms with Gasteiger partial charge in [-0.25, -0.2) is 13.4 Å². The average molecular weight is 432 g/mol. The summed E-state index contributed by atoms with van der Waals surface area (Å²) in [4.78, 5) is 10.7. The summed E-state index contributed by atoms with van der Waals surface area (Å²) >= 11 is 5.92. The van der Waals surface area contributed by atoms with Gasteiger partial charge in [0.2, 0.25) is 16.0 Å². The lowest BCUT2D eigenvalue weighted by Gasteiger charge is -2.14. The molecule has 0 atom stereocenters. The molecule has 7 nitrogen and oxygen atoms in total. The molecule has 0 radical (unpaired) electrons. The smallest absolute Gasteiger partial charge is 0.236 e. The number of nitrogens with zero attached hydrogens (tertiary/aromatic N) is 3. The van der Waals surface area contributed by atoms with Gasteiger partial charge in [0.25, 0.3) is 0 Å². The van der Waals surface area contributed by atoms with Crippen molar-refractivity contribution in [1.29, 1.82) is 0 Å². The Hall–Kier alpha value is -2.84. The molecule has 0 bridgehead atoms. The van der Waals surface area contributed by atoms with Crippen LogP contribution in [0.15, 0.2) is 54.6 Å². The summed E-state index contributed by atoms with van der Waals surface area (Å²) in [6.07, 6.45) is 0. The number of anilines is 4. The lowest BCUT2D eigenvalue weighted by Crippen LogP contribution is -2.15. The van der Waals surface area contributed by atoms with Crippen LogP contribution in [0.25, 0.3) is 0 Å². The summed E-state index contributed by atoms with van der Waals surface area (Å²) < 4.78 is 27.4. The van der Waals surface area contributed by atoms with Crippen LogP contribution >= 0.6 is 11.6 Å². The molecule has 0 saturated heterocycles. The number of sulfonamides is 1. The number of hydrogen-bond acceptors (Lipinski definition) is 6. The Balaban J connectivity index is 1.69. The van der Waals surface area contributed by atoms with Crippen molar-refractivity contribution in [2.45, 2.75) is 12.7 Å². The van der Waals surface area contributed by atoms with Crippen molar-refractivity contribution < 1.29 is 8.42 Å². The number of benzene rings is 2. The SMILES string of the molecule is Cc1cc(N(C)C)nc(Nc2ccc(NS(=O)(=O)Cc3cccc(Cl)c3)cc2)n1. The van der Waals surface area contributed by atoms with Gasteiger partial charge in [0.15, 0.2) is 0 Å². The molecule has 0 aliphatic rings. The molecule has 1 aromatic heterocycles. The summed E-state index contributed by atoms with van der Waals surface area (Å²) in [6, 6.07) is 15.6. The molecule has 1 heterocycles. The van der Waals surface area contributed by atoms with Gasteiger partial charge in [-0.15, -0.1) is 0 Å². The highest BCUT2D eigenvalue weighted by molar-refractivity contribution is 7.91. The molecule has 0 spiro atoms. The predicted octanol–water partition coefficient (Wildman–Crippen LogP) is 4.19. The van der Waals surface area contributed by atoms with Crippen LogP contribution in [-0.2, 0) is 15.8 Å². The third-order valence-corrected chi connectivity index (χ3v) is 5.45. The number of aromatic nitrogens is 2. The van der Waals surface area contributed by atoms with Crippen molar-refractivity contribution in [2.24, 2.45) is 0 Å². The van der Waals surface area contributed by atoms with E-state index in [-0.39, 0.29) is 5.75 Å². The van der Waals surface area contributed by atoms with Crippen LogP contribution in [0, 0.1) is 6.92 Å². The summed E-state index contributed by atoms with van der Waals surface area (Å²) in [5, 5.41) is 3.64.